The molecule has 0 saturated heterocycles. The fourth-order valence-corrected chi connectivity index (χ4v) is 5.42. The summed E-state index contributed by atoms with van der Waals surface area (Å²) in [7, 11) is 0. The second-order valence-electron chi connectivity index (χ2n) is 7.81. The van der Waals surface area contributed by atoms with Crippen LogP contribution in [0.25, 0.3) is 0 Å². The van der Waals surface area contributed by atoms with Crippen molar-refractivity contribution in [3.8, 4) is 0 Å². The maximum atomic E-state index is 13.0. The van der Waals surface area contributed by atoms with Gasteiger partial charge >= 0.3 is 5.97 Å². The minimum Gasteiger partial charge on any atom is -0.481 e. The number of hydrogen-bond donors (Lipinski definition) is 3. The molecule has 2 aliphatic rings. The molecule has 1 saturated carbocycles. The number of aliphatic carboxylic acids is 1. The summed E-state index contributed by atoms with van der Waals surface area (Å²) in [5.41, 5.74) is 1.73. The van der Waals surface area contributed by atoms with E-state index in [0.717, 1.165) is 50.5 Å². The van der Waals surface area contributed by atoms with Crippen molar-refractivity contribution in [2.75, 3.05) is 5.32 Å². The van der Waals surface area contributed by atoms with E-state index in [0.29, 0.717) is 22.9 Å². The molecule has 148 valence electrons. The number of fused-ring (bicyclic) bond motifs is 1. The van der Waals surface area contributed by atoms with Gasteiger partial charge in [0, 0.05) is 23.8 Å². The van der Waals surface area contributed by atoms with Gasteiger partial charge in [0.05, 0.1) is 5.56 Å². The van der Waals surface area contributed by atoms with Gasteiger partial charge in [0.15, 0.2) is 0 Å². The predicted molar refractivity (Wildman–Crippen MR) is 105 cm³/mol. The lowest BCUT2D eigenvalue weighted by molar-refractivity contribution is -0.137. The predicted octanol–water partition coefficient (Wildman–Crippen LogP) is 3.74. The average molecular weight is 393 g/mol. The van der Waals surface area contributed by atoms with Crippen LogP contribution in [-0.2, 0) is 22.4 Å². The smallest absolute Gasteiger partial charge is 0.303 e. The molecule has 1 aromatic heterocycles. The quantitative estimate of drug-likeness (QED) is 0.659. The summed E-state index contributed by atoms with van der Waals surface area (Å²) in [6, 6.07) is 0.231. The van der Waals surface area contributed by atoms with Crippen molar-refractivity contribution in [1.82, 2.24) is 5.32 Å². The number of anilines is 1. The standard InChI is InChI=1S/C20H28N2O4S/c1-12-9-10-14-15(11-12)27-20(22-16(23)7-4-8-17(24)25)18(14)19(26)21-13-5-2-3-6-13/h12-13H,2-11H2,1H3,(H,21,26)(H,22,23)(H,24,25)/t12-/m0/s1. The third-order valence-electron chi connectivity index (χ3n) is 5.48. The van der Waals surface area contributed by atoms with Crippen LogP contribution >= 0.6 is 11.3 Å². The minimum absolute atomic E-state index is 0.0269. The van der Waals surface area contributed by atoms with Gasteiger partial charge in [-0.1, -0.05) is 19.8 Å². The number of carbonyl (C=O) groups is 3. The van der Waals surface area contributed by atoms with E-state index in [-0.39, 0.29) is 30.7 Å². The zero-order valence-corrected chi connectivity index (χ0v) is 16.6. The number of nitrogens with one attached hydrogen (secondary N) is 2. The Labute approximate surface area is 163 Å². The van der Waals surface area contributed by atoms with Crippen molar-refractivity contribution in [3.63, 3.8) is 0 Å². The largest absolute Gasteiger partial charge is 0.481 e. The van der Waals surface area contributed by atoms with Gasteiger partial charge in [-0.2, -0.15) is 0 Å². The first-order valence-electron chi connectivity index (χ1n) is 9.91. The normalized spacial score (nSPS) is 19.5. The molecule has 7 heteroatoms. The summed E-state index contributed by atoms with van der Waals surface area (Å²) in [5, 5.41) is 15.4. The molecule has 1 atom stereocenters. The van der Waals surface area contributed by atoms with Gasteiger partial charge in [-0.15, -0.1) is 11.3 Å². The van der Waals surface area contributed by atoms with E-state index in [1.165, 1.54) is 16.2 Å². The van der Waals surface area contributed by atoms with Gasteiger partial charge in [-0.25, -0.2) is 0 Å². The third-order valence-corrected chi connectivity index (χ3v) is 6.65. The summed E-state index contributed by atoms with van der Waals surface area (Å²) in [6.07, 6.45) is 7.63. The van der Waals surface area contributed by atoms with Crippen LogP contribution in [-0.4, -0.2) is 28.9 Å². The number of hydrogen-bond acceptors (Lipinski definition) is 4. The summed E-state index contributed by atoms with van der Waals surface area (Å²) >= 11 is 1.51. The zero-order chi connectivity index (χ0) is 19.4. The molecule has 0 aromatic carbocycles. The maximum absolute atomic E-state index is 13.0. The van der Waals surface area contributed by atoms with Gasteiger partial charge in [-0.3, -0.25) is 14.4 Å². The first-order chi connectivity index (χ1) is 12.9. The van der Waals surface area contributed by atoms with E-state index >= 15 is 0 Å². The Bertz CT molecular complexity index is 722. The molecule has 2 aliphatic carbocycles. The fraction of sp³-hybridized carbons (Fsp3) is 0.650. The Morgan fingerprint density at radius 2 is 1.89 bits per heavy atom. The Kier molecular flexibility index (Phi) is 6.52. The summed E-state index contributed by atoms with van der Waals surface area (Å²) in [6.45, 7) is 2.21. The molecule has 1 fully saturated rings. The molecular formula is C20H28N2O4S. The second kappa shape index (κ2) is 8.87. The molecule has 6 nitrogen and oxygen atoms in total. The summed E-state index contributed by atoms with van der Waals surface area (Å²) in [4.78, 5) is 37.1. The van der Waals surface area contributed by atoms with Crippen LogP contribution in [0.2, 0.25) is 0 Å². The van der Waals surface area contributed by atoms with Crippen LogP contribution in [0.3, 0.4) is 0 Å². The van der Waals surface area contributed by atoms with E-state index in [9.17, 15) is 14.4 Å². The monoisotopic (exact) mass is 392 g/mol. The van der Waals surface area contributed by atoms with Gasteiger partial charge in [0.1, 0.15) is 5.00 Å². The molecule has 2 amide bonds. The van der Waals surface area contributed by atoms with Crippen molar-refractivity contribution < 1.29 is 19.5 Å². The first kappa shape index (κ1) is 19.9. The third kappa shape index (κ3) is 5.09. The molecule has 3 rings (SSSR count). The number of carbonyl (C=O) groups excluding carboxylic acids is 2. The van der Waals surface area contributed by atoms with Crippen molar-refractivity contribution in [3.05, 3.63) is 16.0 Å². The topological polar surface area (TPSA) is 95.5 Å². The number of carboxylic acids is 1. The molecule has 0 unspecified atom stereocenters. The molecule has 0 radical (unpaired) electrons. The van der Waals surface area contributed by atoms with Gasteiger partial charge < -0.3 is 15.7 Å². The second-order valence-corrected chi connectivity index (χ2v) is 8.91. The van der Waals surface area contributed by atoms with Crippen LogP contribution in [0.15, 0.2) is 0 Å². The van der Waals surface area contributed by atoms with Crippen LogP contribution < -0.4 is 10.6 Å². The van der Waals surface area contributed by atoms with E-state index in [1.54, 1.807) is 0 Å². The van der Waals surface area contributed by atoms with E-state index in [1.807, 2.05) is 0 Å². The lowest BCUT2D eigenvalue weighted by atomic mass is 9.88. The summed E-state index contributed by atoms with van der Waals surface area (Å²) in [5.74, 6) is -0.617. The van der Waals surface area contributed by atoms with Crippen molar-refractivity contribution in [2.45, 2.75) is 77.2 Å². The molecule has 0 spiro atoms. The number of carboxylic acid groups (broad SMARTS) is 1. The molecule has 27 heavy (non-hydrogen) atoms. The first-order valence-corrected chi connectivity index (χ1v) is 10.7. The fourth-order valence-electron chi connectivity index (χ4n) is 4.00. The Hall–Kier alpha value is -1.89. The Morgan fingerprint density at radius 1 is 1.15 bits per heavy atom. The van der Waals surface area contributed by atoms with Crippen LogP contribution in [0, 0.1) is 5.92 Å². The SMILES string of the molecule is C[C@H]1CCc2c(sc(NC(=O)CCCC(=O)O)c2C(=O)NC2CCCC2)C1. The van der Waals surface area contributed by atoms with E-state index < -0.39 is 5.97 Å². The average Bonchev–Trinajstić information content (AvgIpc) is 3.21. The van der Waals surface area contributed by atoms with E-state index in [4.69, 9.17) is 5.11 Å². The Morgan fingerprint density at radius 3 is 2.59 bits per heavy atom. The van der Waals surface area contributed by atoms with E-state index in [2.05, 4.69) is 17.6 Å². The highest BCUT2D eigenvalue weighted by Gasteiger charge is 2.29. The highest BCUT2D eigenvalue weighted by Crippen LogP contribution is 2.40. The lowest BCUT2D eigenvalue weighted by Gasteiger charge is -2.19. The van der Waals surface area contributed by atoms with Gasteiger partial charge in [-0.05, 0) is 50.0 Å². The van der Waals surface area contributed by atoms with Crippen LogP contribution in [0.1, 0.15) is 79.1 Å². The summed E-state index contributed by atoms with van der Waals surface area (Å²) < 4.78 is 0. The van der Waals surface area contributed by atoms with Gasteiger partial charge in [0.2, 0.25) is 5.91 Å². The van der Waals surface area contributed by atoms with Crippen LogP contribution in [0.5, 0.6) is 0 Å². The highest BCUT2D eigenvalue weighted by molar-refractivity contribution is 7.17. The molecular weight excluding hydrogens is 364 g/mol. The van der Waals surface area contributed by atoms with Crippen molar-refractivity contribution in [2.24, 2.45) is 5.92 Å². The highest BCUT2D eigenvalue weighted by atomic mass is 32.1. The molecule has 1 heterocycles. The number of rotatable bonds is 7. The van der Waals surface area contributed by atoms with Crippen molar-refractivity contribution >= 4 is 34.1 Å². The Balaban J connectivity index is 1.76. The molecule has 0 aliphatic heterocycles. The minimum atomic E-state index is -0.903. The lowest BCUT2D eigenvalue weighted by Crippen LogP contribution is -2.33. The number of amides is 2. The van der Waals surface area contributed by atoms with Crippen molar-refractivity contribution in [1.29, 1.82) is 0 Å². The molecule has 3 N–H and O–H groups in total. The van der Waals surface area contributed by atoms with Gasteiger partial charge in [0.25, 0.3) is 5.91 Å². The zero-order valence-electron chi connectivity index (χ0n) is 15.8. The maximum Gasteiger partial charge on any atom is 0.303 e. The number of thiophene rings is 1. The van der Waals surface area contributed by atoms with Crippen LogP contribution in [0.4, 0.5) is 5.00 Å². The molecule has 1 aromatic rings. The molecule has 0 bridgehead atoms.